The Kier molecular flexibility index (Phi) is 4.42. The number of primary sulfonamides is 1. The molecular formula is C13H13BrN2O3S. The average molecular weight is 357 g/mol. The molecule has 7 heteroatoms. The number of nitrogens with zero attached hydrogens (tertiary/aromatic N) is 1. The number of hydrogen-bond acceptors (Lipinski definition) is 4. The van der Waals surface area contributed by atoms with Gasteiger partial charge in [0.1, 0.15) is 17.3 Å². The van der Waals surface area contributed by atoms with Gasteiger partial charge in [0.25, 0.3) is 0 Å². The standard InChI is InChI=1S/C13H13BrN2O3S/c1-9-3-2-4-11(16-9)8-19-12-6-5-10(14)7-13(12)20(15,17)18/h2-7H,8H2,1H3,(H2,15,17,18). The van der Waals surface area contributed by atoms with Crippen LogP contribution in [0.3, 0.4) is 0 Å². The van der Waals surface area contributed by atoms with E-state index in [0.717, 1.165) is 5.69 Å². The van der Waals surface area contributed by atoms with E-state index in [2.05, 4.69) is 20.9 Å². The monoisotopic (exact) mass is 356 g/mol. The number of aromatic nitrogens is 1. The highest BCUT2D eigenvalue weighted by Gasteiger charge is 2.16. The van der Waals surface area contributed by atoms with Gasteiger partial charge in [-0.2, -0.15) is 0 Å². The van der Waals surface area contributed by atoms with Crippen molar-refractivity contribution in [2.75, 3.05) is 0 Å². The predicted octanol–water partition coefficient (Wildman–Crippen LogP) is 2.38. The molecule has 2 N–H and O–H groups in total. The Labute approximate surface area is 126 Å². The molecule has 0 aliphatic rings. The van der Waals surface area contributed by atoms with Crippen LogP contribution >= 0.6 is 15.9 Å². The number of halogens is 1. The number of nitrogens with two attached hydrogens (primary N) is 1. The predicted molar refractivity (Wildman–Crippen MR) is 78.8 cm³/mol. The molecule has 0 aliphatic heterocycles. The summed E-state index contributed by atoms with van der Waals surface area (Å²) in [7, 11) is -3.84. The number of pyridine rings is 1. The van der Waals surface area contributed by atoms with Crippen LogP contribution in [0, 0.1) is 6.92 Å². The highest BCUT2D eigenvalue weighted by Crippen LogP contribution is 2.27. The molecule has 5 nitrogen and oxygen atoms in total. The van der Waals surface area contributed by atoms with Crippen molar-refractivity contribution in [1.29, 1.82) is 0 Å². The van der Waals surface area contributed by atoms with Gasteiger partial charge < -0.3 is 4.74 Å². The van der Waals surface area contributed by atoms with E-state index in [-0.39, 0.29) is 17.3 Å². The molecule has 0 atom stereocenters. The van der Waals surface area contributed by atoms with Gasteiger partial charge in [-0.1, -0.05) is 22.0 Å². The van der Waals surface area contributed by atoms with E-state index in [1.54, 1.807) is 12.1 Å². The molecule has 1 heterocycles. The van der Waals surface area contributed by atoms with Crippen LogP contribution in [0.5, 0.6) is 5.75 Å². The molecular weight excluding hydrogens is 344 g/mol. The maximum absolute atomic E-state index is 11.5. The van der Waals surface area contributed by atoms with Crippen LogP contribution in [-0.2, 0) is 16.6 Å². The van der Waals surface area contributed by atoms with Gasteiger partial charge in [-0.15, -0.1) is 0 Å². The Morgan fingerprint density at radius 2 is 2.05 bits per heavy atom. The summed E-state index contributed by atoms with van der Waals surface area (Å²) in [5.74, 6) is 0.207. The largest absolute Gasteiger partial charge is 0.486 e. The van der Waals surface area contributed by atoms with Crippen molar-refractivity contribution in [3.63, 3.8) is 0 Å². The summed E-state index contributed by atoms with van der Waals surface area (Å²) >= 11 is 3.21. The van der Waals surface area contributed by atoms with Gasteiger partial charge in [-0.05, 0) is 37.3 Å². The Hall–Kier alpha value is -1.44. The maximum Gasteiger partial charge on any atom is 0.241 e. The SMILES string of the molecule is Cc1cccc(COc2ccc(Br)cc2S(N)(=O)=O)n1. The minimum atomic E-state index is -3.84. The van der Waals surface area contributed by atoms with Crippen LogP contribution in [0.2, 0.25) is 0 Å². The Balaban J connectivity index is 2.26. The molecule has 2 rings (SSSR count). The van der Waals surface area contributed by atoms with E-state index in [1.807, 2.05) is 25.1 Å². The first kappa shape index (κ1) is 15.0. The molecule has 1 aromatic heterocycles. The lowest BCUT2D eigenvalue weighted by Crippen LogP contribution is -2.14. The number of rotatable bonds is 4. The zero-order chi connectivity index (χ0) is 14.8. The summed E-state index contributed by atoms with van der Waals surface area (Å²) in [6.45, 7) is 2.05. The smallest absolute Gasteiger partial charge is 0.241 e. The zero-order valence-corrected chi connectivity index (χ0v) is 13.1. The van der Waals surface area contributed by atoms with Crippen LogP contribution in [0.15, 0.2) is 45.8 Å². The number of ether oxygens (including phenoxy) is 1. The molecule has 0 spiro atoms. The van der Waals surface area contributed by atoms with Gasteiger partial charge in [0.2, 0.25) is 10.0 Å². The lowest BCUT2D eigenvalue weighted by molar-refractivity contribution is 0.293. The number of sulfonamides is 1. The van der Waals surface area contributed by atoms with Crippen molar-refractivity contribution in [2.24, 2.45) is 5.14 Å². The summed E-state index contributed by atoms with van der Waals surface area (Å²) < 4.78 is 29.2. The Bertz CT molecular complexity index is 732. The molecule has 0 fully saturated rings. The molecule has 0 saturated heterocycles. The molecule has 0 bridgehead atoms. The lowest BCUT2D eigenvalue weighted by Gasteiger charge is -2.10. The minimum absolute atomic E-state index is 0.0560. The molecule has 0 aliphatic carbocycles. The van der Waals surface area contributed by atoms with E-state index in [4.69, 9.17) is 9.88 Å². The second-order valence-corrected chi connectivity index (χ2v) is 6.64. The summed E-state index contributed by atoms with van der Waals surface area (Å²) in [6.07, 6.45) is 0. The molecule has 0 saturated carbocycles. The number of hydrogen-bond donors (Lipinski definition) is 1. The van der Waals surface area contributed by atoms with Crippen LogP contribution in [0.1, 0.15) is 11.4 Å². The molecule has 20 heavy (non-hydrogen) atoms. The van der Waals surface area contributed by atoms with Crippen molar-refractivity contribution >= 4 is 26.0 Å². The number of benzene rings is 1. The third-order valence-corrected chi connectivity index (χ3v) is 3.96. The fourth-order valence-corrected chi connectivity index (χ4v) is 2.87. The van der Waals surface area contributed by atoms with Crippen LogP contribution in [0.25, 0.3) is 0 Å². The van der Waals surface area contributed by atoms with Gasteiger partial charge in [0, 0.05) is 10.2 Å². The highest BCUT2D eigenvalue weighted by molar-refractivity contribution is 9.10. The van der Waals surface area contributed by atoms with E-state index >= 15 is 0 Å². The van der Waals surface area contributed by atoms with Gasteiger partial charge in [-0.25, -0.2) is 13.6 Å². The van der Waals surface area contributed by atoms with Gasteiger partial charge in [0.05, 0.1) is 5.69 Å². The summed E-state index contributed by atoms with van der Waals surface area (Å²) in [5, 5.41) is 5.18. The molecule has 2 aromatic rings. The third-order valence-electron chi connectivity index (χ3n) is 2.53. The topological polar surface area (TPSA) is 82.3 Å². The van der Waals surface area contributed by atoms with Crippen molar-refractivity contribution in [3.8, 4) is 5.75 Å². The van der Waals surface area contributed by atoms with Gasteiger partial charge >= 0.3 is 0 Å². The summed E-state index contributed by atoms with van der Waals surface area (Å²) in [5.41, 5.74) is 1.59. The van der Waals surface area contributed by atoms with Crippen LogP contribution in [0.4, 0.5) is 0 Å². The fraction of sp³-hybridized carbons (Fsp3) is 0.154. The first-order valence-electron chi connectivity index (χ1n) is 5.74. The Morgan fingerprint density at radius 1 is 1.30 bits per heavy atom. The second-order valence-electron chi connectivity index (χ2n) is 4.20. The minimum Gasteiger partial charge on any atom is -0.486 e. The molecule has 1 aromatic carbocycles. The lowest BCUT2D eigenvalue weighted by atomic mass is 10.3. The van der Waals surface area contributed by atoms with E-state index in [0.29, 0.717) is 10.2 Å². The van der Waals surface area contributed by atoms with Gasteiger partial charge in [0.15, 0.2) is 0 Å². The molecule has 0 unspecified atom stereocenters. The third kappa shape index (κ3) is 3.78. The van der Waals surface area contributed by atoms with Gasteiger partial charge in [-0.3, -0.25) is 4.98 Å². The Morgan fingerprint density at radius 3 is 2.70 bits per heavy atom. The number of aryl methyl sites for hydroxylation is 1. The quantitative estimate of drug-likeness (QED) is 0.911. The summed E-state index contributed by atoms with van der Waals surface area (Å²) in [4.78, 5) is 4.23. The van der Waals surface area contributed by atoms with E-state index in [9.17, 15) is 8.42 Å². The second kappa shape index (κ2) is 5.90. The fourth-order valence-electron chi connectivity index (χ4n) is 1.66. The van der Waals surface area contributed by atoms with Crippen LogP contribution in [-0.4, -0.2) is 13.4 Å². The normalized spacial score (nSPS) is 11.3. The highest BCUT2D eigenvalue weighted by atomic mass is 79.9. The molecule has 106 valence electrons. The van der Waals surface area contributed by atoms with E-state index < -0.39 is 10.0 Å². The van der Waals surface area contributed by atoms with Crippen LogP contribution < -0.4 is 9.88 Å². The van der Waals surface area contributed by atoms with Crippen molar-refractivity contribution in [1.82, 2.24) is 4.98 Å². The first-order chi connectivity index (χ1) is 9.36. The van der Waals surface area contributed by atoms with Crippen molar-refractivity contribution in [3.05, 3.63) is 52.3 Å². The average Bonchev–Trinajstić information content (AvgIpc) is 2.36. The molecule has 0 amide bonds. The zero-order valence-electron chi connectivity index (χ0n) is 10.7. The maximum atomic E-state index is 11.5. The summed E-state index contributed by atoms with van der Waals surface area (Å²) in [6, 6.07) is 10.2. The first-order valence-corrected chi connectivity index (χ1v) is 8.08. The van der Waals surface area contributed by atoms with Crippen molar-refractivity contribution < 1.29 is 13.2 Å². The molecule has 0 radical (unpaired) electrons. The van der Waals surface area contributed by atoms with E-state index in [1.165, 1.54) is 6.07 Å². The van der Waals surface area contributed by atoms with Crippen molar-refractivity contribution in [2.45, 2.75) is 18.4 Å².